The molecule has 0 radical (unpaired) electrons. The van der Waals surface area contributed by atoms with Gasteiger partial charge in [0.15, 0.2) is 0 Å². The Kier molecular flexibility index (Phi) is 3.38. The molecule has 4 N–H and O–H groups in total. The molecule has 1 aromatic rings. The van der Waals surface area contributed by atoms with Crippen molar-refractivity contribution < 1.29 is 19.1 Å². The molecule has 1 aromatic carbocycles. The van der Waals surface area contributed by atoms with Crippen molar-refractivity contribution in [2.24, 2.45) is 5.73 Å². The SMILES string of the molecule is NCc1ccc2c(c1F)CN(C1CCC(=O)NC1O)C2=O. The van der Waals surface area contributed by atoms with E-state index in [-0.39, 0.29) is 31.3 Å². The Balaban J connectivity index is 1.90. The summed E-state index contributed by atoms with van der Waals surface area (Å²) >= 11 is 0. The first-order chi connectivity index (χ1) is 10.0. The van der Waals surface area contributed by atoms with Gasteiger partial charge in [-0.3, -0.25) is 9.59 Å². The highest BCUT2D eigenvalue weighted by atomic mass is 19.1. The number of hydrogen-bond acceptors (Lipinski definition) is 4. The Morgan fingerprint density at radius 2 is 2.19 bits per heavy atom. The number of nitrogens with two attached hydrogens (primary N) is 1. The highest BCUT2D eigenvalue weighted by Gasteiger charge is 2.40. The van der Waals surface area contributed by atoms with Crippen LogP contribution in [0.5, 0.6) is 0 Å². The molecule has 3 rings (SSSR count). The number of hydrogen-bond donors (Lipinski definition) is 3. The zero-order valence-corrected chi connectivity index (χ0v) is 11.3. The van der Waals surface area contributed by atoms with Crippen molar-refractivity contribution >= 4 is 11.8 Å². The van der Waals surface area contributed by atoms with E-state index in [4.69, 9.17) is 5.73 Å². The van der Waals surface area contributed by atoms with Crippen LogP contribution >= 0.6 is 0 Å². The molecule has 0 aliphatic carbocycles. The molecule has 6 nitrogen and oxygen atoms in total. The zero-order chi connectivity index (χ0) is 15.1. The summed E-state index contributed by atoms with van der Waals surface area (Å²) in [5.41, 5.74) is 6.44. The maximum Gasteiger partial charge on any atom is 0.255 e. The number of aliphatic hydroxyl groups excluding tert-OH is 1. The average Bonchev–Trinajstić information content (AvgIpc) is 2.78. The molecule has 2 amide bonds. The van der Waals surface area contributed by atoms with Gasteiger partial charge in [0.2, 0.25) is 5.91 Å². The summed E-state index contributed by atoms with van der Waals surface area (Å²) in [5.74, 6) is -1.03. The Morgan fingerprint density at radius 1 is 1.43 bits per heavy atom. The van der Waals surface area contributed by atoms with Gasteiger partial charge in [-0.1, -0.05) is 6.07 Å². The summed E-state index contributed by atoms with van der Waals surface area (Å²) in [6.45, 7) is 0.154. The smallest absolute Gasteiger partial charge is 0.255 e. The Morgan fingerprint density at radius 3 is 2.86 bits per heavy atom. The lowest BCUT2D eigenvalue weighted by Crippen LogP contribution is -2.55. The van der Waals surface area contributed by atoms with Crippen LogP contribution in [0.1, 0.15) is 34.3 Å². The summed E-state index contributed by atoms with van der Waals surface area (Å²) in [4.78, 5) is 25.0. The third-order valence-electron chi connectivity index (χ3n) is 4.10. The molecular formula is C14H16FN3O3. The van der Waals surface area contributed by atoms with E-state index in [2.05, 4.69) is 5.32 Å². The fourth-order valence-corrected chi connectivity index (χ4v) is 2.94. The number of fused-ring (bicyclic) bond motifs is 1. The summed E-state index contributed by atoms with van der Waals surface area (Å²) in [5, 5.41) is 12.3. The largest absolute Gasteiger partial charge is 0.372 e. The van der Waals surface area contributed by atoms with E-state index >= 15 is 0 Å². The van der Waals surface area contributed by atoms with E-state index in [1.165, 1.54) is 11.0 Å². The van der Waals surface area contributed by atoms with E-state index in [1.54, 1.807) is 6.07 Å². The fourth-order valence-electron chi connectivity index (χ4n) is 2.94. The van der Waals surface area contributed by atoms with Gasteiger partial charge < -0.3 is 21.1 Å². The summed E-state index contributed by atoms with van der Waals surface area (Å²) in [6.07, 6.45) is -0.530. The number of carbonyl (C=O) groups excluding carboxylic acids is 2. The molecule has 112 valence electrons. The molecule has 2 aliphatic heterocycles. The quantitative estimate of drug-likeness (QED) is 0.706. The van der Waals surface area contributed by atoms with Gasteiger partial charge in [-0.05, 0) is 12.5 Å². The average molecular weight is 293 g/mol. The van der Waals surface area contributed by atoms with Gasteiger partial charge >= 0.3 is 0 Å². The molecule has 1 saturated heterocycles. The van der Waals surface area contributed by atoms with Gasteiger partial charge in [-0.2, -0.15) is 0 Å². The lowest BCUT2D eigenvalue weighted by molar-refractivity contribution is -0.129. The van der Waals surface area contributed by atoms with Crippen molar-refractivity contribution in [3.8, 4) is 0 Å². The number of rotatable bonds is 2. The van der Waals surface area contributed by atoms with E-state index in [0.29, 0.717) is 23.1 Å². The van der Waals surface area contributed by atoms with Crippen molar-refractivity contribution in [1.29, 1.82) is 0 Å². The van der Waals surface area contributed by atoms with Gasteiger partial charge in [0.25, 0.3) is 5.91 Å². The van der Waals surface area contributed by atoms with Crippen molar-refractivity contribution in [2.45, 2.75) is 38.2 Å². The molecule has 2 unspecified atom stereocenters. The summed E-state index contributed by atoms with van der Waals surface area (Å²) in [6, 6.07) is 2.54. The van der Waals surface area contributed by atoms with Crippen LogP contribution in [0.4, 0.5) is 4.39 Å². The van der Waals surface area contributed by atoms with Gasteiger partial charge in [0.1, 0.15) is 12.0 Å². The minimum atomic E-state index is -1.12. The molecule has 2 atom stereocenters. The predicted molar refractivity (Wildman–Crippen MR) is 71.3 cm³/mol. The molecule has 1 fully saturated rings. The number of carbonyl (C=O) groups is 2. The molecule has 7 heteroatoms. The molecule has 21 heavy (non-hydrogen) atoms. The number of piperidine rings is 1. The molecule has 0 bridgehead atoms. The van der Waals surface area contributed by atoms with Crippen molar-refractivity contribution in [3.63, 3.8) is 0 Å². The number of benzene rings is 1. The van der Waals surface area contributed by atoms with Crippen LogP contribution < -0.4 is 11.1 Å². The first kappa shape index (κ1) is 14.0. The number of halogens is 1. The van der Waals surface area contributed by atoms with Crippen LogP contribution in [0, 0.1) is 5.82 Å². The first-order valence-corrected chi connectivity index (χ1v) is 6.81. The van der Waals surface area contributed by atoms with Crippen molar-refractivity contribution in [2.75, 3.05) is 0 Å². The van der Waals surface area contributed by atoms with Crippen LogP contribution in [-0.2, 0) is 17.9 Å². The Hall–Kier alpha value is -1.99. The number of nitrogens with zero attached hydrogens (tertiary/aromatic N) is 1. The number of aliphatic hydroxyl groups is 1. The number of nitrogens with one attached hydrogen (secondary N) is 1. The van der Waals surface area contributed by atoms with Gasteiger partial charge in [-0.15, -0.1) is 0 Å². The normalized spacial score (nSPS) is 25.0. The summed E-state index contributed by atoms with van der Waals surface area (Å²) in [7, 11) is 0. The Labute approximate surface area is 120 Å². The standard InChI is InChI=1S/C14H16FN3O3/c15-12-7(5-16)1-2-8-9(12)6-18(14(8)21)10-3-4-11(19)17-13(10)20/h1-2,10,13,20H,3-6,16H2,(H,17,19). The highest BCUT2D eigenvalue weighted by molar-refractivity contribution is 5.98. The van der Waals surface area contributed by atoms with Crippen molar-refractivity contribution in [3.05, 3.63) is 34.6 Å². The van der Waals surface area contributed by atoms with Crippen LogP contribution in [0.3, 0.4) is 0 Å². The van der Waals surface area contributed by atoms with E-state index in [1.807, 2.05) is 0 Å². The molecule has 0 spiro atoms. The van der Waals surface area contributed by atoms with Crippen LogP contribution in [0.15, 0.2) is 12.1 Å². The molecular weight excluding hydrogens is 277 g/mol. The highest BCUT2D eigenvalue weighted by Crippen LogP contribution is 2.31. The minimum absolute atomic E-state index is 0.0649. The van der Waals surface area contributed by atoms with E-state index in [9.17, 15) is 19.1 Å². The van der Waals surface area contributed by atoms with E-state index < -0.39 is 18.1 Å². The van der Waals surface area contributed by atoms with Gasteiger partial charge in [-0.25, -0.2) is 4.39 Å². The third-order valence-corrected chi connectivity index (χ3v) is 4.10. The second kappa shape index (κ2) is 5.09. The first-order valence-electron chi connectivity index (χ1n) is 6.81. The van der Waals surface area contributed by atoms with Crippen LogP contribution in [-0.4, -0.2) is 34.1 Å². The minimum Gasteiger partial charge on any atom is -0.372 e. The maximum atomic E-state index is 14.3. The van der Waals surface area contributed by atoms with Gasteiger partial charge in [0.05, 0.1) is 12.6 Å². The van der Waals surface area contributed by atoms with Crippen molar-refractivity contribution in [1.82, 2.24) is 10.2 Å². The molecule has 0 saturated carbocycles. The fraction of sp³-hybridized carbons (Fsp3) is 0.429. The zero-order valence-electron chi connectivity index (χ0n) is 11.3. The van der Waals surface area contributed by atoms with E-state index in [0.717, 1.165) is 0 Å². The molecule has 2 heterocycles. The number of amides is 2. The lowest BCUT2D eigenvalue weighted by atomic mass is 10.0. The topological polar surface area (TPSA) is 95.7 Å². The lowest BCUT2D eigenvalue weighted by Gasteiger charge is -2.35. The monoisotopic (exact) mass is 293 g/mol. The predicted octanol–water partition coefficient (Wildman–Crippen LogP) is -0.163. The second-order valence-electron chi connectivity index (χ2n) is 5.32. The third kappa shape index (κ3) is 2.18. The molecule has 2 aliphatic rings. The second-order valence-corrected chi connectivity index (χ2v) is 5.32. The maximum absolute atomic E-state index is 14.3. The van der Waals surface area contributed by atoms with Gasteiger partial charge in [0, 0.05) is 29.7 Å². The summed E-state index contributed by atoms with van der Waals surface area (Å²) < 4.78 is 14.3. The Bertz CT molecular complexity index is 620. The van der Waals surface area contributed by atoms with Crippen LogP contribution in [0.2, 0.25) is 0 Å². The van der Waals surface area contributed by atoms with Crippen LogP contribution in [0.25, 0.3) is 0 Å². The molecule has 0 aromatic heterocycles.